The van der Waals surface area contributed by atoms with E-state index in [4.69, 9.17) is 9.47 Å². The summed E-state index contributed by atoms with van der Waals surface area (Å²) in [6, 6.07) is 13.6. The molecule has 1 aromatic heterocycles. The Morgan fingerprint density at radius 1 is 1.00 bits per heavy atom. The number of ether oxygens (including phenoxy) is 3. The smallest absolute Gasteiger partial charge is 0.490 e. The van der Waals surface area contributed by atoms with Gasteiger partial charge >= 0.3 is 6.36 Å². The molecule has 8 heteroatoms. The van der Waals surface area contributed by atoms with Crippen molar-refractivity contribution in [3.63, 3.8) is 0 Å². The molecule has 31 heavy (non-hydrogen) atoms. The van der Waals surface area contributed by atoms with Crippen molar-refractivity contribution in [2.75, 3.05) is 13.2 Å². The first-order chi connectivity index (χ1) is 14.9. The van der Waals surface area contributed by atoms with Crippen LogP contribution in [-0.4, -0.2) is 24.1 Å². The molecule has 1 atom stereocenters. The number of nitrogens with zero attached hydrogens (tertiary/aromatic N) is 1. The van der Waals surface area contributed by atoms with Gasteiger partial charge in [0.25, 0.3) is 0 Å². The van der Waals surface area contributed by atoms with Crippen LogP contribution in [0.2, 0.25) is 0 Å². The molecule has 0 radical (unpaired) electrons. The zero-order valence-corrected chi connectivity index (χ0v) is 17.2. The molecule has 0 saturated carbocycles. The molecule has 2 aromatic carbocycles. The number of nitrogens with one attached hydrogen (secondary N) is 1. The van der Waals surface area contributed by atoms with E-state index in [0.29, 0.717) is 31.3 Å². The fourth-order valence-corrected chi connectivity index (χ4v) is 3.81. The summed E-state index contributed by atoms with van der Waals surface area (Å²) in [5.41, 5.74) is 3.80. The second kappa shape index (κ2) is 8.55. The molecule has 5 nitrogen and oxygen atoms in total. The van der Waals surface area contributed by atoms with Crippen molar-refractivity contribution in [1.82, 2.24) is 9.88 Å². The summed E-state index contributed by atoms with van der Waals surface area (Å²) in [5, 5.41) is 3.50. The summed E-state index contributed by atoms with van der Waals surface area (Å²) < 4.78 is 55.0. The summed E-state index contributed by atoms with van der Waals surface area (Å²) in [5.74, 6) is 1.12. The zero-order chi connectivity index (χ0) is 22.0. The topological polar surface area (TPSA) is 44.7 Å². The van der Waals surface area contributed by atoms with Gasteiger partial charge in [-0.1, -0.05) is 12.1 Å². The second-order valence-corrected chi connectivity index (χ2v) is 7.03. The van der Waals surface area contributed by atoms with Gasteiger partial charge in [-0.2, -0.15) is 0 Å². The highest BCUT2D eigenvalue weighted by Crippen LogP contribution is 2.37. The van der Waals surface area contributed by atoms with Gasteiger partial charge in [-0.25, -0.2) is 0 Å². The molecule has 0 spiro atoms. The fraction of sp³-hybridized carbons (Fsp3) is 0.304. The van der Waals surface area contributed by atoms with Crippen molar-refractivity contribution >= 4 is 0 Å². The van der Waals surface area contributed by atoms with Gasteiger partial charge in [0.15, 0.2) is 11.5 Å². The van der Waals surface area contributed by atoms with Crippen LogP contribution in [0.15, 0.2) is 54.7 Å². The van der Waals surface area contributed by atoms with E-state index in [0.717, 1.165) is 22.5 Å². The summed E-state index contributed by atoms with van der Waals surface area (Å²) in [7, 11) is 0. The molecule has 0 aliphatic carbocycles. The summed E-state index contributed by atoms with van der Waals surface area (Å²) in [6.45, 7) is 5.44. The molecule has 1 aliphatic heterocycles. The van der Waals surface area contributed by atoms with Crippen molar-refractivity contribution in [3.05, 3.63) is 71.5 Å². The number of alkyl halides is 3. The number of hydrogen-bond acceptors (Lipinski definition) is 4. The first kappa shape index (κ1) is 21.1. The molecule has 0 saturated heterocycles. The van der Waals surface area contributed by atoms with E-state index >= 15 is 0 Å². The van der Waals surface area contributed by atoms with Crippen LogP contribution in [0.25, 0.3) is 5.69 Å². The average molecular weight is 432 g/mol. The minimum absolute atomic E-state index is 0.214. The van der Waals surface area contributed by atoms with Crippen LogP contribution in [-0.2, 0) is 6.54 Å². The summed E-state index contributed by atoms with van der Waals surface area (Å²) >= 11 is 0. The van der Waals surface area contributed by atoms with E-state index < -0.39 is 6.36 Å². The van der Waals surface area contributed by atoms with Crippen molar-refractivity contribution < 1.29 is 27.4 Å². The van der Waals surface area contributed by atoms with Gasteiger partial charge in [-0.3, -0.25) is 0 Å². The van der Waals surface area contributed by atoms with E-state index in [1.165, 1.54) is 12.1 Å². The third kappa shape index (κ3) is 4.49. The number of hydrogen-bond donors (Lipinski definition) is 1. The average Bonchev–Trinajstić information content (AvgIpc) is 3.14. The van der Waals surface area contributed by atoms with Crippen molar-refractivity contribution in [1.29, 1.82) is 0 Å². The monoisotopic (exact) mass is 432 g/mol. The molecule has 1 N–H and O–H groups in total. The predicted molar refractivity (Wildman–Crippen MR) is 110 cm³/mol. The van der Waals surface area contributed by atoms with Crippen molar-refractivity contribution in [2.45, 2.75) is 32.8 Å². The number of aromatic nitrogens is 1. The molecule has 1 aliphatic rings. The Morgan fingerprint density at radius 3 is 2.32 bits per heavy atom. The lowest BCUT2D eigenvalue weighted by atomic mass is 10.0. The number of benzene rings is 2. The Hall–Kier alpha value is -3.13. The molecular formula is C23H23F3N2O3. The Balaban J connectivity index is 1.70. The Bertz CT molecular complexity index is 1050. The first-order valence-electron chi connectivity index (χ1n) is 10.1. The number of rotatable bonds is 6. The predicted octanol–water partition coefficient (Wildman–Crippen LogP) is 5.37. The van der Waals surface area contributed by atoms with E-state index in [1.807, 2.05) is 44.3 Å². The second-order valence-electron chi connectivity index (χ2n) is 7.03. The minimum atomic E-state index is -4.71. The van der Waals surface area contributed by atoms with Crippen LogP contribution >= 0.6 is 0 Å². The lowest BCUT2D eigenvalue weighted by Crippen LogP contribution is -2.21. The number of halogens is 3. The molecule has 0 bridgehead atoms. The van der Waals surface area contributed by atoms with E-state index in [1.54, 1.807) is 12.1 Å². The van der Waals surface area contributed by atoms with E-state index in [2.05, 4.69) is 14.6 Å². The van der Waals surface area contributed by atoms with Crippen LogP contribution in [0.1, 0.15) is 36.7 Å². The third-order valence-electron chi connectivity index (χ3n) is 5.02. The quantitative estimate of drug-likeness (QED) is 0.569. The maximum atomic E-state index is 12.5. The highest BCUT2D eigenvalue weighted by Gasteiger charge is 2.31. The number of fused-ring (bicyclic) bond motifs is 3. The Kier molecular flexibility index (Phi) is 5.82. The molecule has 4 rings (SSSR count). The lowest BCUT2D eigenvalue weighted by molar-refractivity contribution is -0.274. The third-order valence-corrected chi connectivity index (χ3v) is 5.02. The Morgan fingerprint density at radius 2 is 1.68 bits per heavy atom. The lowest BCUT2D eigenvalue weighted by Gasteiger charge is -2.19. The minimum Gasteiger partial charge on any atom is -0.490 e. The van der Waals surface area contributed by atoms with Crippen LogP contribution < -0.4 is 19.5 Å². The SMILES string of the molecule is CCOc1cc2c(cc1OCC)-n1cccc1[C@@H](c1ccc(OC(F)(F)F)cc1)NC2. The maximum absolute atomic E-state index is 12.5. The highest BCUT2D eigenvalue weighted by molar-refractivity contribution is 5.56. The van der Waals surface area contributed by atoms with Gasteiger partial charge in [0, 0.05) is 24.5 Å². The molecule has 3 aromatic rings. The van der Waals surface area contributed by atoms with Crippen molar-refractivity contribution in [2.24, 2.45) is 0 Å². The van der Waals surface area contributed by atoms with Crippen LogP contribution in [0, 0.1) is 0 Å². The van der Waals surface area contributed by atoms with Crippen LogP contribution in [0.4, 0.5) is 13.2 Å². The Labute approximate surface area is 178 Å². The van der Waals surface area contributed by atoms with Gasteiger partial charge in [0.05, 0.1) is 24.9 Å². The van der Waals surface area contributed by atoms with Crippen LogP contribution in [0.5, 0.6) is 17.2 Å². The zero-order valence-electron chi connectivity index (χ0n) is 17.2. The normalized spacial score (nSPS) is 15.6. The van der Waals surface area contributed by atoms with Gasteiger partial charge in [0.2, 0.25) is 0 Å². The van der Waals surface area contributed by atoms with E-state index in [9.17, 15) is 13.2 Å². The molecule has 0 unspecified atom stereocenters. The van der Waals surface area contributed by atoms with Gasteiger partial charge < -0.3 is 24.1 Å². The molecule has 164 valence electrons. The van der Waals surface area contributed by atoms with Gasteiger partial charge in [0.1, 0.15) is 5.75 Å². The first-order valence-corrected chi connectivity index (χ1v) is 10.1. The van der Waals surface area contributed by atoms with Gasteiger partial charge in [-0.05, 0) is 55.3 Å². The van der Waals surface area contributed by atoms with Crippen molar-refractivity contribution in [3.8, 4) is 22.9 Å². The van der Waals surface area contributed by atoms with Gasteiger partial charge in [-0.15, -0.1) is 13.2 Å². The molecule has 2 heterocycles. The summed E-state index contributed by atoms with van der Waals surface area (Å²) in [4.78, 5) is 0. The fourth-order valence-electron chi connectivity index (χ4n) is 3.81. The molecule has 0 amide bonds. The highest BCUT2D eigenvalue weighted by atomic mass is 19.4. The van der Waals surface area contributed by atoms with E-state index in [-0.39, 0.29) is 11.8 Å². The standard InChI is InChI=1S/C23H23F3N2O3/c1-3-29-20-12-16-14-27-22(15-7-9-17(10-8-15)31-23(24,25)26)18-6-5-11-28(18)19(16)13-21(20)30-4-2/h5-13,22,27H,3-4,14H2,1-2H3/t22-/m1/s1. The van der Waals surface area contributed by atoms with Crippen LogP contribution in [0.3, 0.4) is 0 Å². The molecular weight excluding hydrogens is 409 g/mol. The summed E-state index contributed by atoms with van der Waals surface area (Å²) in [6.07, 6.45) is -2.75. The largest absolute Gasteiger partial charge is 0.573 e. The molecule has 0 fully saturated rings. The maximum Gasteiger partial charge on any atom is 0.573 e.